The number of hydrogen-bond acceptors (Lipinski definition) is 4. The summed E-state index contributed by atoms with van der Waals surface area (Å²) in [5, 5.41) is 0. The van der Waals surface area contributed by atoms with Crippen LogP contribution in [0.1, 0.15) is 0 Å². The summed E-state index contributed by atoms with van der Waals surface area (Å²) >= 11 is 0. The first kappa shape index (κ1) is 10.2. The van der Waals surface area contributed by atoms with Gasteiger partial charge in [-0.05, 0) is 0 Å². The van der Waals surface area contributed by atoms with Crippen LogP contribution in [0.2, 0.25) is 0 Å². The third kappa shape index (κ3) is 3.26. The minimum atomic E-state index is 0.316. The van der Waals surface area contributed by atoms with E-state index in [-0.39, 0.29) is 0 Å². The Labute approximate surface area is 82.9 Å². The topological polar surface area (TPSA) is 44.2 Å². The lowest BCUT2D eigenvalue weighted by molar-refractivity contribution is 0.324. The van der Waals surface area contributed by atoms with Crippen LogP contribution in [0.3, 0.4) is 0 Å². The molecule has 0 saturated carbocycles. The normalized spacial score (nSPS) is 9.14. The number of hydrogen-bond donors (Lipinski definition) is 0. The minimum absolute atomic E-state index is 0.316. The van der Waals surface area contributed by atoms with Crippen molar-refractivity contribution in [2.75, 3.05) is 13.2 Å². The van der Waals surface area contributed by atoms with E-state index in [1.165, 1.54) is 0 Å². The molecule has 1 heterocycles. The van der Waals surface area contributed by atoms with Gasteiger partial charge in [0.25, 0.3) is 0 Å². The van der Waals surface area contributed by atoms with Crippen LogP contribution < -0.4 is 9.47 Å². The van der Waals surface area contributed by atoms with Gasteiger partial charge in [-0.15, -0.1) is 0 Å². The van der Waals surface area contributed by atoms with Crippen LogP contribution in [0.25, 0.3) is 0 Å². The Bertz CT molecular complexity index is 264. The second kappa shape index (κ2) is 5.75. The first-order valence-corrected chi connectivity index (χ1v) is 4.16. The highest BCUT2D eigenvalue weighted by atomic mass is 16.5. The molecule has 0 bridgehead atoms. The van der Waals surface area contributed by atoms with Crippen molar-refractivity contribution in [3.05, 3.63) is 37.7 Å². The second-order valence-corrected chi connectivity index (χ2v) is 2.40. The molecule has 0 aromatic carbocycles. The molecule has 0 amide bonds. The number of ether oxygens (including phenoxy) is 2. The molecule has 0 spiro atoms. The predicted octanol–water partition coefficient (Wildman–Crippen LogP) is 1.61. The van der Waals surface area contributed by atoms with Crippen molar-refractivity contribution >= 4 is 0 Å². The van der Waals surface area contributed by atoms with Crippen molar-refractivity contribution < 1.29 is 9.47 Å². The van der Waals surface area contributed by atoms with E-state index in [1.807, 2.05) is 0 Å². The summed E-state index contributed by atoms with van der Waals surface area (Å²) in [7, 11) is 0. The van der Waals surface area contributed by atoms with Gasteiger partial charge in [0, 0.05) is 0 Å². The fourth-order valence-corrected chi connectivity index (χ4v) is 0.742. The maximum Gasteiger partial charge on any atom is 0.316 e. The minimum Gasteiger partial charge on any atom is -0.486 e. The lowest BCUT2D eigenvalue weighted by atomic mass is 10.6. The molecule has 74 valence electrons. The zero-order valence-corrected chi connectivity index (χ0v) is 7.85. The average molecular weight is 192 g/mol. The largest absolute Gasteiger partial charge is 0.486 e. The quantitative estimate of drug-likeness (QED) is 0.642. The highest BCUT2D eigenvalue weighted by molar-refractivity contribution is 5.14. The summed E-state index contributed by atoms with van der Waals surface area (Å²) < 4.78 is 10.3. The molecule has 0 fully saturated rings. The van der Waals surface area contributed by atoms with Crippen molar-refractivity contribution in [3.8, 4) is 11.8 Å². The van der Waals surface area contributed by atoms with Crippen LogP contribution in [0.5, 0.6) is 11.8 Å². The van der Waals surface area contributed by atoms with Gasteiger partial charge in [0.15, 0.2) is 5.75 Å². The Balaban J connectivity index is 2.49. The van der Waals surface area contributed by atoms with E-state index in [0.29, 0.717) is 25.0 Å². The number of rotatable bonds is 6. The van der Waals surface area contributed by atoms with Gasteiger partial charge in [-0.2, -0.15) is 9.97 Å². The van der Waals surface area contributed by atoms with Crippen molar-refractivity contribution in [1.82, 2.24) is 9.97 Å². The fraction of sp³-hybridized carbons (Fsp3) is 0.200. The van der Waals surface area contributed by atoms with Gasteiger partial charge < -0.3 is 9.47 Å². The van der Waals surface area contributed by atoms with E-state index >= 15 is 0 Å². The average Bonchev–Trinajstić information content (AvgIpc) is 2.25. The summed E-state index contributed by atoms with van der Waals surface area (Å²) in [5.41, 5.74) is 0. The maximum atomic E-state index is 5.20. The summed E-state index contributed by atoms with van der Waals surface area (Å²) in [6.07, 6.45) is 6.39. The first-order chi connectivity index (χ1) is 6.86. The Morgan fingerprint density at radius 2 is 1.64 bits per heavy atom. The molecule has 0 atom stereocenters. The molecular weight excluding hydrogens is 180 g/mol. The lowest BCUT2D eigenvalue weighted by Gasteiger charge is -2.03. The standard InChI is InChI=1S/C10H12N2O2/c1-3-5-13-9-7-11-10(12-8-9)14-6-4-2/h3-4,7-8H,1-2,5-6H2. The van der Waals surface area contributed by atoms with Gasteiger partial charge in [0.1, 0.15) is 13.2 Å². The molecule has 4 heteroatoms. The highest BCUT2D eigenvalue weighted by Gasteiger charge is 1.97. The third-order valence-corrected chi connectivity index (χ3v) is 1.30. The van der Waals surface area contributed by atoms with Crippen molar-refractivity contribution in [2.24, 2.45) is 0 Å². The second-order valence-electron chi connectivity index (χ2n) is 2.40. The fourth-order valence-electron chi connectivity index (χ4n) is 0.742. The molecule has 0 aliphatic rings. The van der Waals surface area contributed by atoms with Crippen molar-refractivity contribution in [1.29, 1.82) is 0 Å². The zero-order valence-electron chi connectivity index (χ0n) is 7.85. The van der Waals surface area contributed by atoms with Gasteiger partial charge in [0.2, 0.25) is 0 Å². The lowest BCUT2D eigenvalue weighted by Crippen LogP contribution is -1.99. The van der Waals surface area contributed by atoms with Gasteiger partial charge in [-0.3, -0.25) is 0 Å². The van der Waals surface area contributed by atoms with E-state index in [4.69, 9.17) is 9.47 Å². The molecule has 14 heavy (non-hydrogen) atoms. The van der Waals surface area contributed by atoms with E-state index in [1.54, 1.807) is 24.5 Å². The molecular formula is C10H12N2O2. The summed E-state index contributed by atoms with van der Waals surface area (Å²) in [5.74, 6) is 0.593. The Kier molecular flexibility index (Phi) is 4.20. The molecule has 0 unspecified atom stereocenters. The SMILES string of the molecule is C=CCOc1cnc(OCC=C)nc1. The molecule has 0 saturated heterocycles. The van der Waals surface area contributed by atoms with Crippen LogP contribution >= 0.6 is 0 Å². The van der Waals surface area contributed by atoms with Crippen LogP contribution in [-0.4, -0.2) is 23.2 Å². The highest BCUT2D eigenvalue weighted by Crippen LogP contribution is 2.09. The Hall–Kier alpha value is -1.84. The Morgan fingerprint density at radius 1 is 1.07 bits per heavy atom. The molecule has 4 nitrogen and oxygen atoms in total. The van der Waals surface area contributed by atoms with Crippen LogP contribution in [0.15, 0.2) is 37.7 Å². The van der Waals surface area contributed by atoms with Crippen LogP contribution in [0.4, 0.5) is 0 Å². The molecule has 0 aliphatic heterocycles. The molecule has 0 aliphatic carbocycles. The van der Waals surface area contributed by atoms with E-state index < -0.39 is 0 Å². The monoisotopic (exact) mass is 192 g/mol. The number of nitrogens with zero attached hydrogens (tertiary/aromatic N) is 2. The Morgan fingerprint density at radius 3 is 2.21 bits per heavy atom. The predicted molar refractivity (Wildman–Crippen MR) is 53.4 cm³/mol. The molecule has 1 aromatic rings. The number of aromatic nitrogens is 2. The van der Waals surface area contributed by atoms with E-state index in [0.717, 1.165) is 0 Å². The van der Waals surface area contributed by atoms with Crippen molar-refractivity contribution in [3.63, 3.8) is 0 Å². The smallest absolute Gasteiger partial charge is 0.316 e. The molecule has 1 rings (SSSR count). The van der Waals surface area contributed by atoms with Crippen LogP contribution in [0, 0.1) is 0 Å². The third-order valence-electron chi connectivity index (χ3n) is 1.30. The summed E-state index contributed by atoms with van der Waals surface area (Å²) in [4.78, 5) is 7.86. The maximum absolute atomic E-state index is 5.20. The summed E-state index contributed by atoms with van der Waals surface area (Å²) in [6.45, 7) is 7.89. The van der Waals surface area contributed by atoms with E-state index in [9.17, 15) is 0 Å². The van der Waals surface area contributed by atoms with E-state index in [2.05, 4.69) is 23.1 Å². The molecule has 0 N–H and O–H groups in total. The molecule has 1 aromatic heterocycles. The van der Waals surface area contributed by atoms with Gasteiger partial charge >= 0.3 is 6.01 Å². The van der Waals surface area contributed by atoms with Gasteiger partial charge in [-0.1, -0.05) is 25.3 Å². The first-order valence-electron chi connectivity index (χ1n) is 4.16. The van der Waals surface area contributed by atoms with Crippen molar-refractivity contribution in [2.45, 2.75) is 0 Å². The van der Waals surface area contributed by atoms with Gasteiger partial charge in [0.05, 0.1) is 12.4 Å². The molecule has 0 radical (unpaired) electrons. The van der Waals surface area contributed by atoms with Crippen LogP contribution in [-0.2, 0) is 0 Å². The van der Waals surface area contributed by atoms with Gasteiger partial charge in [-0.25, -0.2) is 0 Å². The summed E-state index contributed by atoms with van der Waals surface area (Å²) in [6, 6.07) is 0.316. The zero-order chi connectivity index (χ0) is 10.2.